The molecule has 2 aliphatic rings. The lowest BCUT2D eigenvalue weighted by atomic mass is 10.1. The van der Waals surface area contributed by atoms with Gasteiger partial charge in [-0.2, -0.15) is 4.39 Å². The summed E-state index contributed by atoms with van der Waals surface area (Å²) in [5, 5.41) is 5.87. The number of anilines is 2. The Hall–Kier alpha value is -1.69. The summed E-state index contributed by atoms with van der Waals surface area (Å²) in [6.07, 6.45) is 0. The Bertz CT molecular complexity index is 450. The largest absolute Gasteiger partial charge is 0.340 e. The van der Waals surface area contributed by atoms with Crippen LogP contribution in [0, 0.1) is 5.95 Å². The third kappa shape index (κ3) is 1.34. The molecule has 3 heterocycles. The summed E-state index contributed by atoms with van der Waals surface area (Å²) < 4.78 is 13.1. The molecule has 0 bridgehead atoms. The molecule has 1 saturated heterocycles. The molecule has 5 nitrogen and oxygen atoms in total. The van der Waals surface area contributed by atoms with Gasteiger partial charge in [-0.05, 0) is 12.1 Å². The second-order valence-electron chi connectivity index (χ2n) is 3.91. The van der Waals surface area contributed by atoms with Gasteiger partial charge in [0.1, 0.15) is 6.04 Å². The summed E-state index contributed by atoms with van der Waals surface area (Å²) >= 11 is 0. The molecule has 1 aromatic heterocycles. The lowest BCUT2D eigenvalue weighted by molar-refractivity contribution is -0.117. The number of rotatable bonds is 0. The minimum atomic E-state index is -0.521. The Kier molecular flexibility index (Phi) is 2.03. The topological polar surface area (TPSA) is 57.3 Å². The molecule has 3 rings (SSSR count). The number of pyridine rings is 1. The van der Waals surface area contributed by atoms with Gasteiger partial charge in [0, 0.05) is 19.6 Å². The second kappa shape index (κ2) is 3.41. The van der Waals surface area contributed by atoms with Crippen molar-refractivity contribution in [3.63, 3.8) is 0 Å². The molecular weight excluding hydrogens is 211 g/mol. The highest BCUT2D eigenvalue weighted by atomic mass is 19.1. The molecule has 0 saturated carbocycles. The number of nitrogens with one attached hydrogen (secondary N) is 2. The van der Waals surface area contributed by atoms with Crippen molar-refractivity contribution >= 4 is 17.4 Å². The van der Waals surface area contributed by atoms with Crippen molar-refractivity contribution in [3.05, 3.63) is 18.1 Å². The zero-order valence-corrected chi connectivity index (χ0v) is 8.53. The number of hydrogen-bond acceptors (Lipinski definition) is 4. The van der Waals surface area contributed by atoms with Crippen LogP contribution in [0.2, 0.25) is 0 Å². The number of amides is 1. The van der Waals surface area contributed by atoms with Gasteiger partial charge in [-0.1, -0.05) is 0 Å². The van der Waals surface area contributed by atoms with Gasteiger partial charge in [-0.25, -0.2) is 4.98 Å². The van der Waals surface area contributed by atoms with Crippen LogP contribution in [0.3, 0.4) is 0 Å². The summed E-state index contributed by atoms with van der Waals surface area (Å²) in [5.74, 6) is -0.0496. The molecule has 2 aliphatic heterocycles. The summed E-state index contributed by atoms with van der Waals surface area (Å²) in [4.78, 5) is 17.5. The summed E-state index contributed by atoms with van der Waals surface area (Å²) in [7, 11) is 0. The molecule has 1 amide bonds. The van der Waals surface area contributed by atoms with E-state index in [4.69, 9.17) is 0 Å². The summed E-state index contributed by atoms with van der Waals surface area (Å²) in [6, 6.07) is 2.52. The quantitative estimate of drug-likeness (QED) is 0.604. The minimum absolute atomic E-state index is 0.0619. The summed E-state index contributed by atoms with van der Waals surface area (Å²) in [6.45, 7) is 2.02. The Morgan fingerprint density at radius 3 is 3.25 bits per heavy atom. The van der Waals surface area contributed by atoms with Gasteiger partial charge < -0.3 is 15.5 Å². The van der Waals surface area contributed by atoms with Crippen molar-refractivity contribution in [2.45, 2.75) is 6.04 Å². The van der Waals surface area contributed by atoms with E-state index in [0.29, 0.717) is 24.6 Å². The van der Waals surface area contributed by atoms with E-state index in [9.17, 15) is 9.18 Å². The molecular formula is C10H11FN4O. The zero-order chi connectivity index (χ0) is 11.1. The van der Waals surface area contributed by atoms with Crippen molar-refractivity contribution in [2.24, 2.45) is 0 Å². The van der Waals surface area contributed by atoms with Gasteiger partial charge in [-0.3, -0.25) is 4.79 Å². The van der Waals surface area contributed by atoms with Crippen LogP contribution in [0.25, 0.3) is 0 Å². The molecule has 0 aromatic carbocycles. The predicted octanol–water partition coefficient (Wildman–Crippen LogP) is -0.0490. The molecule has 1 aromatic rings. The van der Waals surface area contributed by atoms with Gasteiger partial charge in [0.25, 0.3) is 0 Å². The molecule has 16 heavy (non-hydrogen) atoms. The van der Waals surface area contributed by atoms with Crippen molar-refractivity contribution in [3.8, 4) is 0 Å². The molecule has 0 spiro atoms. The van der Waals surface area contributed by atoms with E-state index in [2.05, 4.69) is 15.6 Å². The third-order valence-corrected chi connectivity index (χ3v) is 2.92. The number of halogens is 1. The van der Waals surface area contributed by atoms with Crippen LogP contribution >= 0.6 is 0 Å². The molecule has 0 unspecified atom stereocenters. The Balaban J connectivity index is 2.07. The monoisotopic (exact) mass is 222 g/mol. The molecule has 0 aliphatic carbocycles. The summed E-state index contributed by atoms with van der Waals surface area (Å²) in [5.41, 5.74) is 0.588. The van der Waals surface area contributed by atoms with Gasteiger partial charge in [-0.15, -0.1) is 0 Å². The smallest absolute Gasteiger partial charge is 0.248 e. The van der Waals surface area contributed by atoms with Crippen LogP contribution in [0.15, 0.2) is 12.1 Å². The van der Waals surface area contributed by atoms with E-state index in [1.165, 1.54) is 6.07 Å². The van der Waals surface area contributed by atoms with Crippen LogP contribution in [0.4, 0.5) is 15.9 Å². The van der Waals surface area contributed by atoms with Crippen LogP contribution < -0.4 is 15.5 Å². The minimum Gasteiger partial charge on any atom is -0.340 e. The number of nitrogens with zero attached hydrogens (tertiary/aromatic N) is 2. The number of aromatic nitrogens is 1. The first-order chi connectivity index (χ1) is 7.75. The zero-order valence-electron chi connectivity index (χ0n) is 8.53. The van der Waals surface area contributed by atoms with Crippen molar-refractivity contribution < 1.29 is 9.18 Å². The second-order valence-corrected chi connectivity index (χ2v) is 3.91. The highest BCUT2D eigenvalue weighted by molar-refractivity contribution is 6.03. The first-order valence-electron chi connectivity index (χ1n) is 5.20. The number of carbonyl (C=O) groups excluding carboxylic acids is 1. The lowest BCUT2D eigenvalue weighted by Gasteiger charge is -2.40. The van der Waals surface area contributed by atoms with Crippen LogP contribution in [-0.4, -0.2) is 36.6 Å². The maximum absolute atomic E-state index is 13.1. The fourth-order valence-corrected chi connectivity index (χ4v) is 2.15. The average molecular weight is 222 g/mol. The molecule has 1 fully saturated rings. The van der Waals surface area contributed by atoms with E-state index < -0.39 is 5.95 Å². The highest BCUT2D eigenvalue weighted by Crippen LogP contribution is 2.30. The first-order valence-corrected chi connectivity index (χ1v) is 5.20. The number of fused-ring (bicyclic) bond motifs is 3. The van der Waals surface area contributed by atoms with E-state index in [0.717, 1.165) is 6.54 Å². The van der Waals surface area contributed by atoms with Gasteiger partial charge >= 0.3 is 0 Å². The van der Waals surface area contributed by atoms with E-state index >= 15 is 0 Å². The van der Waals surface area contributed by atoms with Crippen LogP contribution in [0.5, 0.6) is 0 Å². The normalized spacial score (nSPS) is 23.4. The molecule has 0 radical (unpaired) electrons. The maximum Gasteiger partial charge on any atom is 0.248 e. The van der Waals surface area contributed by atoms with Gasteiger partial charge in [0.2, 0.25) is 11.9 Å². The Morgan fingerprint density at radius 1 is 1.50 bits per heavy atom. The van der Waals surface area contributed by atoms with Crippen LogP contribution in [-0.2, 0) is 4.79 Å². The van der Waals surface area contributed by atoms with E-state index in [1.54, 1.807) is 6.07 Å². The van der Waals surface area contributed by atoms with Crippen molar-refractivity contribution in [1.82, 2.24) is 10.3 Å². The molecule has 84 valence electrons. The number of hydrogen-bond donors (Lipinski definition) is 2. The number of piperazine rings is 1. The Labute approximate surface area is 91.7 Å². The number of carbonyl (C=O) groups is 1. The maximum atomic E-state index is 13.1. The fourth-order valence-electron chi connectivity index (χ4n) is 2.15. The van der Waals surface area contributed by atoms with Crippen molar-refractivity contribution in [2.75, 3.05) is 29.9 Å². The van der Waals surface area contributed by atoms with E-state index in [-0.39, 0.29) is 11.9 Å². The fraction of sp³-hybridized carbons (Fsp3) is 0.400. The SMILES string of the molecule is O=C1Nc2ccc(F)nc2N2CCNC[C@@H]12. The molecule has 2 N–H and O–H groups in total. The lowest BCUT2D eigenvalue weighted by Crippen LogP contribution is -2.59. The Morgan fingerprint density at radius 2 is 2.38 bits per heavy atom. The van der Waals surface area contributed by atoms with Gasteiger partial charge in [0.05, 0.1) is 5.69 Å². The van der Waals surface area contributed by atoms with Crippen molar-refractivity contribution in [1.29, 1.82) is 0 Å². The molecule has 1 atom stereocenters. The van der Waals surface area contributed by atoms with E-state index in [1.807, 2.05) is 4.90 Å². The predicted molar refractivity (Wildman–Crippen MR) is 56.8 cm³/mol. The van der Waals surface area contributed by atoms with Gasteiger partial charge in [0.15, 0.2) is 5.82 Å². The average Bonchev–Trinajstić information content (AvgIpc) is 2.31. The molecule has 6 heteroatoms. The van der Waals surface area contributed by atoms with Crippen LogP contribution in [0.1, 0.15) is 0 Å². The first kappa shape index (κ1) is 9.53. The highest BCUT2D eigenvalue weighted by Gasteiger charge is 2.35. The standard InChI is InChI=1S/C10H11FN4O/c11-8-2-1-6-9(14-8)15-4-3-12-5-7(15)10(16)13-6/h1-2,7,12H,3-5H2,(H,13,16)/t7-/m0/s1. The third-order valence-electron chi connectivity index (χ3n) is 2.92.